The van der Waals surface area contributed by atoms with E-state index in [4.69, 9.17) is 9.72 Å². The molecule has 2 atom stereocenters. The van der Waals surface area contributed by atoms with Crippen LogP contribution < -0.4 is 10.2 Å². The molecule has 0 bridgehead atoms. The van der Waals surface area contributed by atoms with Crippen LogP contribution in [0, 0.1) is 5.82 Å². The molecule has 3 aliphatic heterocycles. The summed E-state index contributed by atoms with van der Waals surface area (Å²) in [5.74, 6) is -0.867. The predicted octanol–water partition coefficient (Wildman–Crippen LogP) is 2.70. The van der Waals surface area contributed by atoms with Crippen LogP contribution in [0.1, 0.15) is 58.4 Å². The Balaban J connectivity index is 1.37. The number of benzene rings is 1. The average molecular weight is 623 g/mol. The molecule has 2 saturated heterocycles. The zero-order valence-corrected chi connectivity index (χ0v) is 26.9. The number of halogens is 1. The molecule has 0 saturated carbocycles. The minimum absolute atomic E-state index is 0.0586. The lowest BCUT2D eigenvalue weighted by Crippen LogP contribution is -2.65. The van der Waals surface area contributed by atoms with Crippen LogP contribution in [-0.4, -0.2) is 107 Å². The molecular formula is C33H43FN6O5. The second-order valence-corrected chi connectivity index (χ2v) is 14.0. The van der Waals surface area contributed by atoms with Crippen LogP contribution in [-0.2, 0) is 31.0 Å². The highest BCUT2D eigenvalue weighted by atomic mass is 19.1. The van der Waals surface area contributed by atoms with E-state index < -0.39 is 17.7 Å². The first-order valence-corrected chi connectivity index (χ1v) is 15.4. The summed E-state index contributed by atoms with van der Waals surface area (Å²) in [7, 11) is 0. The van der Waals surface area contributed by atoms with Crippen molar-refractivity contribution < 1.29 is 28.3 Å². The van der Waals surface area contributed by atoms with Gasteiger partial charge in [-0.15, -0.1) is 0 Å². The topological polar surface area (TPSA) is 115 Å². The molecule has 4 amide bonds. The SMILES string of the molecule is C[C@@H]1CN(CC(=O)N2CC(C)(C)c3ncc(Cc4ccc(F)cc4)cc32)[C@@H](CN2CC(=O)NCC2=O)CN1C(=O)OC(C)(C)C. The van der Waals surface area contributed by atoms with Gasteiger partial charge in [0.25, 0.3) is 0 Å². The molecule has 45 heavy (non-hydrogen) atoms. The Kier molecular flexibility index (Phi) is 8.90. The molecule has 5 rings (SSSR count). The van der Waals surface area contributed by atoms with Gasteiger partial charge in [-0.3, -0.25) is 24.3 Å². The van der Waals surface area contributed by atoms with Gasteiger partial charge in [0.1, 0.15) is 11.4 Å². The Bertz CT molecular complexity index is 1470. The molecule has 1 aromatic carbocycles. The van der Waals surface area contributed by atoms with E-state index in [2.05, 4.69) is 19.2 Å². The lowest BCUT2D eigenvalue weighted by atomic mass is 9.91. The van der Waals surface area contributed by atoms with E-state index in [0.717, 1.165) is 22.5 Å². The zero-order valence-electron chi connectivity index (χ0n) is 26.9. The standard InChI is InChI=1S/C33H43FN6O5/c1-21-15-37(25(16-38-18-27(41)35-14-28(38)42)17-39(21)31(44)45-32(2,3)4)19-29(43)40-20-33(5,6)30-26(40)12-23(13-36-30)11-22-7-9-24(34)10-8-22/h7-10,12-13,21,25H,11,14-20H2,1-6H3,(H,35,41)/t21-,25+/m1/s1. The van der Waals surface area contributed by atoms with Gasteiger partial charge < -0.3 is 24.8 Å². The first-order valence-electron chi connectivity index (χ1n) is 15.4. The van der Waals surface area contributed by atoms with Crippen molar-refractivity contribution in [3.63, 3.8) is 0 Å². The van der Waals surface area contributed by atoms with E-state index >= 15 is 0 Å². The molecule has 2 fully saturated rings. The fourth-order valence-corrected chi connectivity index (χ4v) is 6.27. The summed E-state index contributed by atoms with van der Waals surface area (Å²) >= 11 is 0. The number of hydrogen-bond acceptors (Lipinski definition) is 7. The van der Waals surface area contributed by atoms with Crippen LogP contribution in [0.15, 0.2) is 36.5 Å². The maximum absolute atomic E-state index is 14.1. The van der Waals surface area contributed by atoms with Gasteiger partial charge in [0.05, 0.1) is 31.0 Å². The van der Waals surface area contributed by atoms with Gasteiger partial charge in [0.2, 0.25) is 17.7 Å². The number of nitrogens with one attached hydrogen (secondary N) is 1. The van der Waals surface area contributed by atoms with Crippen molar-refractivity contribution >= 4 is 29.5 Å². The molecule has 0 aliphatic carbocycles. The van der Waals surface area contributed by atoms with Crippen LogP contribution in [0.4, 0.5) is 14.9 Å². The zero-order chi connectivity index (χ0) is 32.7. The van der Waals surface area contributed by atoms with Crippen LogP contribution in [0.5, 0.6) is 0 Å². The maximum Gasteiger partial charge on any atom is 0.410 e. The normalized spacial score (nSPS) is 21.9. The predicted molar refractivity (Wildman–Crippen MR) is 166 cm³/mol. The van der Waals surface area contributed by atoms with E-state index in [-0.39, 0.29) is 67.7 Å². The van der Waals surface area contributed by atoms with Crippen LogP contribution in [0.2, 0.25) is 0 Å². The Morgan fingerprint density at radius 2 is 1.82 bits per heavy atom. The quantitative estimate of drug-likeness (QED) is 0.527. The van der Waals surface area contributed by atoms with Crippen LogP contribution in [0.25, 0.3) is 0 Å². The van der Waals surface area contributed by atoms with Crippen molar-refractivity contribution in [2.24, 2.45) is 0 Å². The first-order chi connectivity index (χ1) is 21.1. The smallest absolute Gasteiger partial charge is 0.410 e. The van der Waals surface area contributed by atoms with E-state index in [9.17, 15) is 23.6 Å². The Morgan fingerprint density at radius 3 is 2.51 bits per heavy atom. The third-order valence-electron chi connectivity index (χ3n) is 8.51. The summed E-state index contributed by atoms with van der Waals surface area (Å²) in [4.78, 5) is 63.7. The number of fused-ring (bicyclic) bond motifs is 1. The fraction of sp³-hybridized carbons (Fsp3) is 0.545. The van der Waals surface area contributed by atoms with Gasteiger partial charge in [-0.2, -0.15) is 0 Å². The molecule has 0 spiro atoms. The molecule has 242 valence electrons. The van der Waals surface area contributed by atoms with Crippen molar-refractivity contribution in [3.8, 4) is 0 Å². The molecule has 4 heterocycles. The second kappa shape index (κ2) is 12.4. The van der Waals surface area contributed by atoms with Gasteiger partial charge in [-0.25, -0.2) is 9.18 Å². The minimum Gasteiger partial charge on any atom is -0.444 e. The van der Waals surface area contributed by atoms with E-state index in [0.29, 0.717) is 19.5 Å². The number of rotatable bonds is 6. The number of pyridine rings is 1. The molecule has 1 N–H and O–H groups in total. The number of nitrogens with zero attached hydrogens (tertiary/aromatic N) is 5. The highest BCUT2D eigenvalue weighted by molar-refractivity contribution is 5.97. The summed E-state index contributed by atoms with van der Waals surface area (Å²) < 4.78 is 19.1. The highest BCUT2D eigenvalue weighted by Crippen LogP contribution is 2.40. The molecule has 12 heteroatoms. The Hall–Kier alpha value is -4.06. The first kappa shape index (κ1) is 32.3. The third-order valence-corrected chi connectivity index (χ3v) is 8.51. The molecular weight excluding hydrogens is 579 g/mol. The van der Waals surface area contributed by atoms with Gasteiger partial charge >= 0.3 is 6.09 Å². The van der Waals surface area contributed by atoms with Crippen LogP contribution in [0.3, 0.4) is 0 Å². The monoisotopic (exact) mass is 622 g/mol. The number of ether oxygens (including phenoxy) is 1. The molecule has 2 aromatic rings. The second-order valence-electron chi connectivity index (χ2n) is 14.0. The maximum atomic E-state index is 14.1. The summed E-state index contributed by atoms with van der Waals surface area (Å²) in [6.45, 7) is 12.6. The van der Waals surface area contributed by atoms with Gasteiger partial charge in [0.15, 0.2) is 0 Å². The van der Waals surface area contributed by atoms with Crippen molar-refractivity contribution in [1.82, 2.24) is 25.0 Å². The van der Waals surface area contributed by atoms with Crippen molar-refractivity contribution in [1.29, 1.82) is 0 Å². The van der Waals surface area contributed by atoms with Crippen LogP contribution >= 0.6 is 0 Å². The number of hydrogen-bond donors (Lipinski definition) is 1. The number of piperazine rings is 2. The lowest BCUT2D eigenvalue weighted by molar-refractivity contribution is -0.142. The summed E-state index contributed by atoms with van der Waals surface area (Å²) in [6, 6.07) is 7.68. The van der Waals surface area contributed by atoms with Crippen molar-refractivity contribution in [2.45, 2.75) is 71.1 Å². The molecule has 11 nitrogen and oxygen atoms in total. The number of carbonyl (C=O) groups excluding carboxylic acids is 4. The minimum atomic E-state index is -0.681. The number of anilines is 1. The Morgan fingerprint density at radius 1 is 1.11 bits per heavy atom. The molecule has 3 aliphatic rings. The molecule has 0 radical (unpaired) electrons. The number of carbonyl (C=O) groups is 4. The number of aromatic nitrogens is 1. The van der Waals surface area contributed by atoms with Gasteiger partial charge in [-0.05, 0) is 63.4 Å². The lowest BCUT2D eigenvalue weighted by Gasteiger charge is -2.46. The van der Waals surface area contributed by atoms with Gasteiger partial charge in [0, 0.05) is 49.9 Å². The summed E-state index contributed by atoms with van der Waals surface area (Å²) in [6.07, 6.45) is 1.91. The van der Waals surface area contributed by atoms with E-state index in [1.807, 2.05) is 44.9 Å². The van der Waals surface area contributed by atoms with Gasteiger partial charge in [-0.1, -0.05) is 26.0 Å². The fourth-order valence-electron chi connectivity index (χ4n) is 6.27. The average Bonchev–Trinajstić information content (AvgIpc) is 3.22. The number of amides is 4. The summed E-state index contributed by atoms with van der Waals surface area (Å²) in [5.41, 5.74) is 2.39. The van der Waals surface area contributed by atoms with Crippen molar-refractivity contribution in [3.05, 3.63) is 59.2 Å². The van der Waals surface area contributed by atoms with Crippen molar-refractivity contribution in [2.75, 3.05) is 50.7 Å². The Labute approximate surface area is 263 Å². The van der Waals surface area contributed by atoms with E-state index in [1.165, 1.54) is 17.0 Å². The van der Waals surface area contributed by atoms with E-state index in [1.54, 1.807) is 21.9 Å². The highest BCUT2D eigenvalue weighted by Gasteiger charge is 2.43. The summed E-state index contributed by atoms with van der Waals surface area (Å²) in [5, 5.41) is 2.57. The third kappa shape index (κ3) is 7.43. The molecule has 0 unspecified atom stereocenters. The largest absolute Gasteiger partial charge is 0.444 e. The molecule has 1 aromatic heterocycles.